The van der Waals surface area contributed by atoms with E-state index in [0.29, 0.717) is 22.2 Å². The lowest BCUT2D eigenvalue weighted by molar-refractivity contribution is -0.111. The van der Waals surface area contributed by atoms with Crippen LogP contribution in [0.25, 0.3) is 6.08 Å². The van der Waals surface area contributed by atoms with Crippen LogP contribution >= 0.6 is 11.6 Å². The number of carbonyl (C=O) groups is 1. The molecule has 0 radical (unpaired) electrons. The van der Waals surface area contributed by atoms with Crippen LogP contribution in [0.4, 0.5) is 5.69 Å². The van der Waals surface area contributed by atoms with Crippen molar-refractivity contribution in [2.75, 3.05) is 19.5 Å². The van der Waals surface area contributed by atoms with Gasteiger partial charge in [0.1, 0.15) is 11.5 Å². The summed E-state index contributed by atoms with van der Waals surface area (Å²) in [6.07, 6.45) is 3.22. The smallest absolute Gasteiger partial charge is 0.248 e. The first-order valence-electron chi connectivity index (χ1n) is 7.00. The van der Waals surface area contributed by atoms with Crippen LogP contribution in [-0.2, 0) is 4.79 Å². The summed E-state index contributed by atoms with van der Waals surface area (Å²) >= 11 is 6.04. The van der Waals surface area contributed by atoms with E-state index >= 15 is 0 Å². The number of hydrogen-bond donors (Lipinski definition) is 1. The van der Waals surface area contributed by atoms with Gasteiger partial charge < -0.3 is 14.8 Å². The van der Waals surface area contributed by atoms with Crippen molar-refractivity contribution in [3.05, 3.63) is 58.6 Å². The minimum atomic E-state index is -0.269. The molecule has 0 atom stereocenters. The molecule has 1 amide bonds. The Kier molecular flexibility index (Phi) is 5.66. The van der Waals surface area contributed by atoms with Gasteiger partial charge >= 0.3 is 0 Å². The number of halogens is 1. The van der Waals surface area contributed by atoms with Gasteiger partial charge in [0.15, 0.2) is 0 Å². The zero-order valence-corrected chi connectivity index (χ0v) is 14.0. The Balaban J connectivity index is 2.16. The molecule has 0 aliphatic rings. The molecule has 0 bridgehead atoms. The first-order chi connectivity index (χ1) is 11.0. The van der Waals surface area contributed by atoms with E-state index in [9.17, 15) is 4.79 Å². The zero-order chi connectivity index (χ0) is 16.8. The predicted molar refractivity (Wildman–Crippen MR) is 93.4 cm³/mol. The minimum absolute atomic E-state index is 0.269. The number of aryl methyl sites for hydroxylation is 1. The molecule has 120 valence electrons. The molecular formula is C18H18ClNO3. The van der Waals surface area contributed by atoms with Gasteiger partial charge in [0.2, 0.25) is 5.91 Å². The summed E-state index contributed by atoms with van der Waals surface area (Å²) in [6, 6.07) is 11.1. The average Bonchev–Trinajstić information content (AvgIpc) is 2.54. The van der Waals surface area contributed by atoms with Gasteiger partial charge in [-0.1, -0.05) is 41.4 Å². The monoisotopic (exact) mass is 331 g/mol. The van der Waals surface area contributed by atoms with Crippen molar-refractivity contribution >= 4 is 29.3 Å². The molecule has 1 N–H and O–H groups in total. The molecule has 2 aromatic rings. The molecule has 2 rings (SSSR count). The summed E-state index contributed by atoms with van der Waals surface area (Å²) in [5, 5.41) is 3.17. The van der Waals surface area contributed by atoms with E-state index in [4.69, 9.17) is 21.1 Å². The molecule has 0 fully saturated rings. The third-order valence-electron chi connectivity index (χ3n) is 3.20. The van der Waals surface area contributed by atoms with Crippen LogP contribution in [0.2, 0.25) is 5.02 Å². The van der Waals surface area contributed by atoms with Crippen LogP contribution in [0.3, 0.4) is 0 Å². The second kappa shape index (κ2) is 7.70. The molecule has 23 heavy (non-hydrogen) atoms. The van der Waals surface area contributed by atoms with Crippen LogP contribution in [0.15, 0.2) is 42.5 Å². The third-order valence-corrected chi connectivity index (χ3v) is 3.50. The molecule has 0 spiro atoms. The quantitative estimate of drug-likeness (QED) is 0.830. The van der Waals surface area contributed by atoms with E-state index < -0.39 is 0 Å². The molecule has 0 aromatic heterocycles. The van der Waals surface area contributed by atoms with Gasteiger partial charge in [0.05, 0.1) is 24.9 Å². The lowest BCUT2D eigenvalue weighted by atomic mass is 10.1. The van der Waals surface area contributed by atoms with E-state index in [2.05, 4.69) is 5.32 Å². The van der Waals surface area contributed by atoms with Crippen molar-refractivity contribution in [3.8, 4) is 11.5 Å². The number of hydrogen-bond acceptors (Lipinski definition) is 3. The van der Waals surface area contributed by atoms with Crippen molar-refractivity contribution in [2.24, 2.45) is 0 Å². The Bertz CT molecular complexity index is 741. The molecule has 0 saturated heterocycles. The fourth-order valence-electron chi connectivity index (χ4n) is 2.08. The zero-order valence-electron chi connectivity index (χ0n) is 13.2. The van der Waals surface area contributed by atoms with Gasteiger partial charge in [-0.25, -0.2) is 0 Å². The van der Waals surface area contributed by atoms with Gasteiger partial charge in [0.25, 0.3) is 0 Å². The fraction of sp³-hybridized carbons (Fsp3) is 0.167. The summed E-state index contributed by atoms with van der Waals surface area (Å²) in [5.74, 6) is 0.660. The minimum Gasteiger partial charge on any atom is -0.495 e. The van der Waals surface area contributed by atoms with Crippen LogP contribution in [0.1, 0.15) is 11.1 Å². The number of nitrogens with one attached hydrogen (secondary N) is 1. The first-order valence-corrected chi connectivity index (χ1v) is 7.38. The normalized spacial score (nSPS) is 10.6. The predicted octanol–water partition coefficient (Wildman–Crippen LogP) is 4.32. The lowest BCUT2D eigenvalue weighted by Crippen LogP contribution is -2.09. The van der Waals surface area contributed by atoms with Crippen molar-refractivity contribution in [1.29, 1.82) is 0 Å². The topological polar surface area (TPSA) is 47.6 Å². The molecule has 0 aliphatic heterocycles. The van der Waals surface area contributed by atoms with Gasteiger partial charge in [0, 0.05) is 18.2 Å². The first kappa shape index (κ1) is 16.9. The maximum Gasteiger partial charge on any atom is 0.248 e. The second-order valence-corrected chi connectivity index (χ2v) is 5.33. The van der Waals surface area contributed by atoms with E-state index in [1.807, 2.05) is 31.2 Å². The van der Waals surface area contributed by atoms with Crippen LogP contribution in [-0.4, -0.2) is 20.1 Å². The van der Waals surface area contributed by atoms with Crippen LogP contribution in [0.5, 0.6) is 11.5 Å². The molecule has 2 aromatic carbocycles. The average molecular weight is 332 g/mol. The number of methoxy groups -OCH3 is 2. The molecular weight excluding hydrogens is 314 g/mol. The molecule has 0 heterocycles. The number of amides is 1. The van der Waals surface area contributed by atoms with E-state index in [0.717, 1.165) is 11.1 Å². The van der Waals surface area contributed by atoms with Crippen LogP contribution < -0.4 is 14.8 Å². The highest BCUT2D eigenvalue weighted by Crippen LogP contribution is 2.35. The van der Waals surface area contributed by atoms with Crippen molar-refractivity contribution in [3.63, 3.8) is 0 Å². The highest BCUT2D eigenvalue weighted by Gasteiger charge is 2.11. The highest BCUT2D eigenvalue weighted by atomic mass is 35.5. The third kappa shape index (κ3) is 4.50. The SMILES string of the molecule is COc1cc(NC(=O)/C=C/c2cccc(C)c2)c(OC)cc1Cl. The van der Waals surface area contributed by atoms with E-state index in [1.54, 1.807) is 18.2 Å². The summed E-state index contributed by atoms with van der Waals surface area (Å²) in [4.78, 5) is 12.1. The Morgan fingerprint density at radius 1 is 1.13 bits per heavy atom. The largest absolute Gasteiger partial charge is 0.495 e. The number of ether oxygens (including phenoxy) is 2. The molecule has 0 saturated carbocycles. The van der Waals surface area contributed by atoms with Gasteiger partial charge in [-0.2, -0.15) is 0 Å². The fourth-order valence-corrected chi connectivity index (χ4v) is 2.31. The maximum atomic E-state index is 12.1. The number of carbonyl (C=O) groups excluding carboxylic acids is 1. The van der Waals surface area contributed by atoms with Crippen molar-refractivity contribution in [1.82, 2.24) is 0 Å². The van der Waals surface area contributed by atoms with E-state index in [1.165, 1.54) is 20.3 Å². The lowest BCUT2D eigenvalue weighted by Gasteiger charge is -2.12. The van der Waals surface area contributed by atoms with E-state index in [-0.39, 0.29) is 5.91 Å². The molecule has 0 aliphatic carbocycles. The van der Waals surface area contributed by atoms with Crippen LogP contribution in [0, 0.1) is 6.92 Å². The summed E-state index contributed by atoms with van der Waals surface area (Å²) < 4.78 is 10.4. The molecule has 0 unspecified atom stereocenters. The summed E-state index contributed by atoms with van der Waals surface area (Å²) in [5.41, 5.74) is 2.59. The van der Waals surface area contributed by atoms with Gasteiger partial charge in [-0.05, 0) is 18.6 Å². The Morgan fingerprint density at radius 3 is 2.52 bits per heavy atom. The molecule has 4 nitrogen and oxygen atoms in total. The second-order valence-electron chi connectivity index (χ2n) is 4.92. The molecule has 5 heteroatoms. The number of anilines is 1. The van der Waals surface area contributed by atoms with Gasteiger partial charge in [-0.15, -0.1) is 0 Å². The maximum absolute atomic E-state index is 12.1. The Labute approximate surface area is 140 Å². The standard InChI is InChI=1S/C18H18ClNO3/c1-12-5-4-6-13(9-12)7-8-18(21)20-15-11-16(22-2)14(19)10-17(15)23-3/h4-11H,1-3H3,(H,20,21)/b8-7+. The Morgan fingerprint density at radius 2 is 1.87 bits per heavy atom. The Hall–Kier alpha value is -2.46. The summed E-state index contributed by atoms with van der Waals surface area (Å²) in [6.45, 7) is 2.00. The van der Waals surface area contributed by atoms with Gasteiger partial charge in [-0.3, -0.25) is 4.79 Å². The van der Waals surface area contributed by atoms with Crippen molar-refractivity contribution in [2.45, 2.75) is 6.92 Å². The highest BCUT2D eigenvalue weighted by molar-refractivity contribution is 6.32. The van der Waals surface area contributed by atoms with Crippen molar-refractivity contribution < 1.29 is 14.3 Å². The summed E-state index contributed by atoms with van der Waals surface area (Å²) in [7, 11) is 3.02. The number of benzene rings is 2. The number of rotatable bonds is 5.